The van der Waals surface area contributed by atoms with Crippen LogP contribution in [0.3, 0.4) is 0 Å². The Balaban J connectivity index is 1.37. The molecule has 0 amide bonds. The van der Waals surface area contributed by atoms with Crippen LogP contribution in [0.4, 0.5) is 5.82 Å². The summed E-state index contributed by atoms with van der Waals surface area (Å²) < 4.78 is 5.71. The van der Waals surface area contributed by atoms with E-state index in [4.69, 9.17) is 16.3 Å². The highest BCUT2D eigenvalue weighted by Gasteiger charge is 2.38. The summed E-state index contributed by atoms with van der Waals surface area (Å²) in [4.78, 5) is 21.4. The maximum absolute atomic E-state index is 12.3. The van der Waals surface area contributed by atoms with Crippen molar-refractivity contribution in [1.29, 1.82) is 0 Å². The van der Waals surface area contributed by atoms with Crippen LogP contribution < -0.4 is 4.90 Å². The van der Waals surface area contributed by atoms with Gasteiger partial charge in [0, 0.05) is 44.8 Å². The maximum atomic E-state index is 12.3. The number of ether oxygens (including phenoxy) is 1. The van der Waals surface area contributed by atoms with E-state index in [-0.39, 0.29) is 12.1 Å². The fourth-order valence-electron chi connectivity index (χ4n) is 3.64. The largest absolute Gasteiger partial charge is 0.457 e. The van der Waals surface area contributed by atoms with Gasteiger partial charge in [0.05, 0.1) is 10.6 Å². The molecule has 130 valence electrons. The summed E-state index contributed by atoms with van der Waals surface area (Å²) in [5.41, 5.74) is 0.611. The number of hydrogen-bond acceptors (Lipinski definition) is 5. The minimum atomic E-state index is -0.235. The molecule has 1 aromatic heterocycles. The molecule has 1 aromatic carbocycles. The second-order valence-electron chi connectivity index (χ2n) is 6.56. The highest BCUT2D eigenvalue weighted by molar-refractivity contribution is 6.30. The third-order valence-corrected chi connectivity index (χ3v) is 5.12. The molecule has 0 saturated carbocycles. The van der Waals surface area contributed by atoms with Gasteiger partial charge in [0.15, 0.2) is 0 Å². The molecule has 4 rings (SSSR count). The number of anilines is 1. The lowest BCUT2D eigenvalue weighted by Gasteiger charge is -2.37. The number of carbonyl (C=O) groups excluding carboxylic acids is 1. The first-order chi connectivity index (χ1) is 12.2. The van der Waals surface area contributed by atoms with Gasteiger partial charge in [-0.15, -0.1) is 0 Å². The number of halogens is 1. The number of hydrogen-bond donors (Lipinski definition) is 0. The van der Waals surface area contributed by atoms with Crippen LogP contribution in [0.2, 0.25) is 5.02 Å². The summed E-state index contributed by atoms with van der Waals surface area (Å²) in [6.45, 7) is 3.58. The Hall–Kier alpha value is -2.11. The van der Waals surface area contributed by atoms with Gasteiger partial charge in [-0.1, -0.05) is 29.8 Å². The van der Waals surface area contributed by atoms with Gasteiger partial charge in [0.1, 0.15) is 11.9 Å². The zero-order chi connectivity index (χ0) is 17.2. The first-order valence-electron chi connectivity index (χ1n) is 8.55. The van der Waals surface area contributed by atoms with Crippen molar-refractivity contribution in [1.82, 2.24) is 9.88 Å². The van der Waals surface area contributed by atoms with E-state index in [1.54, 1.807) is 18.3 Å². The quantitative estimate of drug-likeness (QED) is 0.790. The lowest BCUT2D eigenvalue weighted by atomic mass is 10.1. The molecular weight excluding hydrogens is 338 g/mol. The van der Waals surface area contributed by atoms with Gasteiger partial charge in [-0.2, -0.15) is 0 Å². The van der Waals surface area contributed by atoms with Crippen LogP contribution in [0.5, 0.6) is 0 Å². The van der Waals surface area contributed by atoms with Crippen LogP contribution in [0.15, 0.2) is 48.7 Å². The lowest BCUT2D eigenvalue weighted by molar-refractivity contribution is 0.0323. The fourth-order valence-corrected chi connectivity index (χ4v) is 3.75. The van der Waals surface area contributed by atoms with Crippen molar-refractivity contribution >= 4 is 23.4 Å². The molecular formula is C19H20ClN3O2. The molecule has 2 fully saturated rings. The van der Waals surface area contributed by atoms with E-state index in [0.29, 0.717) is 16.6 Å². The number of nitrogens with zero attached hydrogens (tertiary/aromatic N) is 3. The SMILES string of the molecule is O=C(OC1CC2CN(c3ccc(Cl)cn3)CCN2C1)c1ccccc1. The highest BCUT2D eigenvalue weighted by Crippen LogP contribution is 2.27. The fraction of sp³-hybridized carbons (Fsp3) is 0.368. The lowest BCUT2D eigenvalue weighted by Crippen LogP contribution is -2.50. The van der Waals surface area contributed by atoms with Gasteiger partial charge in [-0.3, -0.25) is 4.90 Å². The molecule has 2 unspecified atom stereocenters. The second kappa shape index (κ2) is 7.02. The molecule has 0 aliphatic carbocycles. The molecule has 0 bridgehead atoms. The Morgan fingerprint density at radius 3 is 2.72 bits per heavy atom. The summed E-state index contributed by atoms with van der Waals surface area (Å²) in [6.07, 6.45) is 2.50. The minimum absolute atomic E-state index is 0.0455. The van der Waals surface area contributed by atoms with Crippen LogP contribution >= 0.6 is 11.6 Å². The molecule has 2 atom stereocenters. The summed E-state index contributed by atoms with van der Waals surface area (Å²) in [5.74, 6) is 0.718. The number of esters is 1. The molecule has 6 heteroatoms. The Kier molecular flexibility index (Phi) is 4.59. The van der Waals surface area contributed by atoms with Crippen LogP contribution in [-0.4, -0.2) is 54.2 Å². The molecule has 0 radical (unpaired) electrons. The zero-order valence-electron chi connectivity index (χ0n) is 13.8. The number of rotatable bonds is 3. The Morgan fingerprint density at radius 2 is 1.96 bits per heavy atom. The van der Waals surface area contributed by atoms with Crippen molar-refractivity contribution in [3.8, 4) is 0 Å². The van der Waals surface area contributed by atoms with Crippen LogP contribution in [0, 0.1) is 0 Å². The maximum Gasteiger partial charge on any atom is 0.338 e. The number of benzene rings is 1. The van der Waals surface area contributed by atoms with Gasteiger partial charge >= 0.3 is 5.97 Å². The molecule has 2 aromatic rings. The number of piperazine rings is 1. The average molecular weight is 358 g/mol. The standard InChI is InChI=1S/C19H20ClN3O2/c20-15-6-7-18(21-11-15)23-9-8-22-13-17(10-16(22)12-23)25-19(24)14-4-2-1-3-5-14/h1-7,11,16-17H,8-10,12-13H2. The van der Waals surface area contributed by atoms with Gasteiger partial charge in [0.2, 0.25) is 0 Å². The third kappa shape index (κ3) is 3.62. The smallest absolute Gasteiger partial charge is 0.338 e. The summed E-state index contributed by atoms with van der Waals surface area (Å²) in [7, 11) is 0. The number of fused-ring (bicyclic) bond motifs is 1. The van der Waals surface area contributed by atoms with Gasteiger partial charge in [-0.25, -0.2) is 9.78 Å². The van der Waals surface area contributed by atoms with Gasteiger partial charge < -0.3 is 9.64 Å². The summed E-state index contributed by atoms with van der Waals surface area (Å²) in [5, 5.41) is 0.649. The average Bonchev–Trinajstić information content (AvgIpc) is 3.04. The molecule has 3 heterocycles. The predicted octanol–water partition coefficient (Wildman–Crippen LogP) is 2.85. The van der Waals surface area contributed by atoms with E-state index in [9.17, 15) is 4.79 Å². The first kappa shape index (κ1) is 16.4. The molecule has 2 aliphatic rings. The van der Waals surface area contributed by atoms with Crippen LogP contribution in [0.25, 0.3) is 0 Å². The van der Waals surface area contributed by atoms with E-state index in [2.05, 4.69) is 14.8 Å². The number of pyridine rings is 1. The Labute approximate surface area is 152 Å². The Bertz CT molecular complexity index is 738. The van der Waals surface area contributed by atoms with E-state index < -0.39 is 0 Å². The van der Waals surface area contributed by atoms with E-state index in [1.807, 2.05) is 30.3 Å². The van der Waals surface area contributed by atoms with Crippen molar-refractivity contribution in [2.75, 3.05) is 31.1 Å². The van der Waals surface area contributed by atoms with Gasteiger partial charge in [-0.05, 0) is 24.3 Å². The predicted molar refractivity (Wildman–Crippen MR) is 97.1 cm³/mol. The number of aromatic nitrogens is 1. The highest BCUT2D eigenvalue weighted by atomic mass is 35.5. The Morgan fingerprint density at radius 1 is 1.12 bits per heavy atom. The first-order valence-corrected chi connectivity index (χ1v) is 8.93. The number of carbonyl (C=O) groups is 1. The normalized spacial score (nSPS) is 23.3. The summed E-state index contributed by atoms with van der Waals surface area (Å²) >= 11 is 5.92. The molecule has 0 N–H and O–H groups in total. The van der Waals surface area contributed by atoms with Crippen molar-refractivity contribution in [2.45, 2.75) is 18.6 Å². The van der Waals surface area contributed by atoms with Crippen molar-refractivity contribution in [2.24, 2.45) is 0 Å². The molecule has 25 heavy (non-hydrogen) atoms. The van der Waals surface area contributed by atoms with Crippen molar-refractivity contribution in [3.63, 3.8) is 0 Å². The van der Waals surface area contributed by atoms with Crippen molar-refractivity contribution in [3.05, 3.63) is 59.2 Å². The van der Waals surface area contributed by atoms with Crippen molar-refractivity contribution < 1.29 is 9.53 Å². The third-order valence-electron chi connectivity index (χ3n) is 4.90. The topological polar surface area (TPSA) is 45.7 Å². The molecule has 2 aliphatic heterocycles. The molecule has 0 spiro atoms. The minimum Gasteiger partial charge on any atom is -0.457 e. The van der Waals surface area contributed by atoms with E-state index >= 15 is 0 Å². The molecule has 5 nitrogen and oxygen atoms in total. The molecule has 2 saturated heterocycles. The zero-order valence-corrected chi connectivity index (χ0v) is 14.6. The van der Waals surface area contributed by atoms with Crippen LogP contribution in [-0.2, 0) is 4.74 Å². The van der Waals surface area contributed by atoms with Crippen LogP contribution in [0.1, 0.15) is 16.8 Å². The second-order valence-corrected chi connectivity index (χ2v) is 6.99. The van der Waals surface area contributed by atoms with Gasteiger partial charge in [0.25, 0.3) is 0 Å². The van der Waals surface area contributed by atoms with E-state index in [1.165, 1.54) is 0 Å². The monoisotopic (exact) mass is 357 g/mol. The van der Waals surface area contributed by atoms with E-state index in [0.717, 1.165) is 38.4 Å². The summed E-state index contributed by atoms with van der Waals surface area (Å²) in [6, 6.07) is 13.4.